The van der Waals surface area contributed by atoms with Gasteiger partial charge in [0.05, 0.1) is 25.4 Å². The molecule has 14 heteroatoms. The van der Waals surface area contributed by atoms with Crippen LogP contribution >= 0.6 is 0 Å². The average molecular weight is 635 g/mol. The lowest BCUT2D eigenvalue weighted by Gasteiger charge is -2.29. The van der Waals surface area contributed by atoms with Crippen molar-refractivity contribution in [3.8, 4) is 5.75 Å². The number of fused-ring (bicyclic) bond motifs is 1. The van der Waals surface area contributed by atoms with Crippen molar-refractivity contribution in [3.63, 3.8) is 0 Å². The van der Waals surface area contributed by atoms with Gasteiger partial charge in [-0.3, -0.25) is 10.2 Å². The Morgan fingerprint density at radius 2 is 1.76 bits per heavy atom. The van der Waals surface area contributed by atoms with Crippen molar-refractivity contribution in [3.05, 3.63) is 52.3 Å². The number of aliphatic carboxylic acids is 2. The van der Waals surface area contributed by atoms with Crippen molar-refractivity contribution in [2.45, 2.75) is 70.2 Å². The number of hydrogen-bond acceptors (Lipinski definition) is 8. The van der Waals surface area contributed by atoms with Crippen molar-refractivity contribution in [1.82, 2.24) is 9.88 Å². The number of rotatable bonds is 9. The normalized spacial score (nSPS) is 17.9. The summed E-state index contributed by atoms with van der Waals surface area (Å²) in [5.74, 6) is -2.29. The number of ether oxygens (including phenoxy) is 2. The monoisotopic (exact) mass is 634 g/mol. The molecule has 1 aliphatic carbocycles. The first-order valence-electron chi connectivity index (χ1n) is 14.5. The van der Waals surface area contributed by atoms with E-state index in [2.05, 4.69) is 37.8 Å². The second-order valence-electron chi connectivity index (χ2n) is 12.3. The van der Waals surface area contributed by atoms with Gasteiger partial charge in [-0.25, -0.2) is 14.6 Å². The highest BCUT2D eigenvalue weighted by Crippen LogP contribution is 2.42. The fraction of sp³-hybridized carbons (Fsp3) is 0.516. The molecule has 2 aliphatic heterocycles. The number of amidine groups is 1. The maximum atomic E-state index is 13.7. The van der Waals surface area contributed by atoms with Gasteiger partial charge in [-0.1, -0.05) is 26.8 Å². The lowest BCUT2D eigenvalue weighted by Crippen LogP contribution is -2.31. The lowest BCUT2D eigenvalue weighted by atomic mass is 9.84. The Hall–Kier alpha value is -4.20. The maximum absolute atomic E-state index is 13.7. The SMILES string of the molecule is COc1c(N2CCC(OCC(=O)O)C2)cc(C(=O)CN2Cc3ccc(C4CC4)nc3C2=N)cc1C(C)(C)C.O=C(O)C(F)(F)F. The Balaban J connectivity index is 0.000000591. The molecule has 0 spiro atoms. The minimum absolute atomic E-state index is 0.0720. The van der Waals surface area contributed by atoms with E-state index in [1.807, 2.05) is 12.1 Å². The van der Waals surface area contributed by atoms with Gasteiger partial charge in [0.2, 0.25) is 0 Å². The predicted octanol–water partition coefficient (Wildman–Crippen LogP) is 4.60. The number of aromatic nitrogens is 1. The summed E-state index contributed by atoms with van der Waals surface area (Å²) in [6, 6.07) is 7.89. The van der Waals surface area contributed by atoms with E-state index in [-0.39, 0.29) is 30.5 Å². The average Bonchev–Trinajstić information content (AvgIpc) is 3.63. The van der Waals surface area contributed by atoms with Crippen LogP contribution in [-0.4, -0.2) is 89.3 Å². The van der Waals surface area contributed by atoms with E-state index in [4.69, 9.17) is 34.9 Å². The number of halogens is 3. The van der Waals surface area contributed by atoms with Crippen molar-refractivity contribution in [2.75, 3.05) is 38.3 Å². The molecule has 0 radical (unpaired) electrons. The van der Waals surface area contributed by atoms with Gasteiger partial charge in [0, 0.05) is 47.9 Å². The molecule has 1 saturated heterocycles. The fourth-order valence-electron chi connectivity index (χ4n) is 5.33. The summed E-state index contributed by atoms with van der Waals surface area (Å²) < 4.78 is 43.1. The topological polar surface area (TPSA) is 153 Å². The third-order valence-corrected chi connectivity index (χ3v) is 7.81. The molecule has 5 rings (SSSR count). The first-order chi connectivity index (χ1) is 21.0. The van der Waals surface area contributed by atoms with Crippen LogP contribution in [0.25, 0.3) is 0 Å². The zero-order valence-corrected chi connectivity index (χ0v) is 25.5. The third kappa shape index (κ3) is 8.10. The van der Waals surface area contributed by atoms with Crippen molar-refractivity contribution in [2.24, 2.45) is 0 Å². The summed E-state index contributed by atoms with van der Waals surface area (Å²) in [7, 11) is 1.63. The molecule has 0 amide bonds. The number of hydrogen-bond donors (Lipinski definition) is 3. The number of benzene rings is 1. The molecule has 2 fully saturated rings. The molecular formula is C31H37F3N4O7. The highest BCUT2D eigenvalue weighted by atomic mass is 19.4. The van der Waals surface area contributed by atoms with E-state index < -0.39 is 18.1 Å². The van der Waals surface area contributed by atoms with Crippen LogP contribution in [0, 0.1) is 5.41 Å². The maximum Gasteiger partial charge on any atom is 0.490 e. The van der Waals surface area contributed by atoms with Gasteiger partial charge in [-0.05, 0) is 42.9 Å². The predicted molar refractivity (Wildman–Crippen MR) is 157 cm³/mol. The minimum Gasteiger partial charge on any atom is -0.494 e. The highest BCUT2D eigenvalue weighted by molar-refractivity contribution is 6.05. The van der Waals surface area contributed by atoms with Gasteiger partial charge in [0.1, 0.15) is 23.9 Å². The number of methoxy groups -OCH3 is 1. The lowest BCUT2D eigenvalue weighted by molar-refractivity contribution is -0.192. The summed E-state index contributed by atoms with van der Waals surface area (Å²) in [5, 5.41) is 24.8. The number of alkyl halides is 3. The number of carboxylic acids is 2. The van der Waals surface area contributed by atoms with Crippen LogP contribution < -0.4 is 9.64 Å². The van der Waals surface area contributed by atoms with Gasteiger partial charge in [-0.15, -0.1) is 0 Å². The molecule has 3 aliphatic rings. The molecule has 1 atom stereocenters. The Bertz CT molecular complexity index is 1480. The molecule has 1 aromatic carbocycles. The van der Waals surface area contributed by atoms with Gasteiger partial charge in [0.25, 0.3) is 0 Å². The van der Waals surface area contributed by atoms with E-state index in [0.29, 0.717) is 54.8 Å². The Kier molecular flexibility index (Phi) is 9.76. The van der Waals surface area contributed by atoms with Crippen LogP contribution in [0.5, 0.6) is 5.75 Å². The van der Waals surface area contributed by atoms with Gasteiger partial charge >= 0.3 is 18.1 Å². The molecule has 1 unspecified atom stereocenters. The Morgan fingerprint density at radius 3 is 2.31 bits per heavy atom. The summed E-state index contributed by atoms with van der Waals surface area (Å²) in [5.41, 5.74) is 4.74. The largest absolute Gasteiger partial charge is 0.494 e. The molecule has 3 heterocycles. The Morgan fingerprint density at radius 1 is 1.09 bits per heavy atom. The fourth-order valence-corrected chi connectivity index (χ4v) is 5.33. The zero-order valence-electron chi connectivity index (χ0n) is 25.5. The number of carbonyl (C=O) groups excluding carboxylic acids is 1. The Labute approximate surface area is 258 Å². The number of carbonyl (C=O) groups is 3. The van der Waals surface area contributed by atoms with Gasteiger partial charge in [-0.2, -0.15) is 13.2 Å². The number of pyridine rings is 1. The van der Waals surface area contributed by atoms with Crippen LogP contribution in [0.4, 0.5) is 18.9 Å². The van der Waals surface area contributed by atoms with Crippen LogP contribution in [0.2, 0.25) is 0 Å². The van der Waals surface area contributed by atoms with Crippen LogP contribution in [0.3, 0.4) is 0 Å². The molecule has 3 N–H and O–H groups in total. The van der Waals surface area contributed by atoms with Crippen molar-refractivity contribution in [1.29, 1.82) is 5.41 Å². The smallest absolute Gasteiger partial charge is 0.490 e. The number of ketones is 1. The van der Waals surface area contributed by atoms with E-state index in [0.717, 1.165) is 35.3 Å². The number of nitrogens with one attached hydrogen (secondary N) is 1. The van der Waals surface area contributed by atoms with Crippen molar-refractivity contribution >= 4 is 29.2 Å². The van der Waals surface area contributed by atoms with Crippen LogP contribution in [0.1, 0.15) is 78.8 Å². The summed E-state index contributed by atoms with van der Waals surface area (Å²) in [6.45, 7) is 7.71. The van der Waals surface area contributed by atoms with Gasteiger partial charge in [0.15, 0.2) is 5.78 Å². The summed E-state index contributed by atoms with van der Waals surface area (Å²) >= 11 is 0. The van der Waals surface area contributed by atoms with E-state index in [9.17, 15) is 22.8 Å². The van der Waals surface area contributed by atoms with Crippen LogP contribution in [0.15, 0.2) is 24.3 Å². The van der Waals surface area contributed by atoms with Crippen LogP contribution in [-0.2, 0) is 26.3 Å². The molecular weight excluding hydrogens is 597 g/mol. The quantitative estimate of drug-likeness (QED) is 0.334. The molecule has 2 aromatic rings. The summed E-state index contributed by atoms with van der Waals surface area (Å²) in [6.07, 6.45) is -2.29. The van der Waals surface area contributed by atoms with E-state index in [1.165, 1.54) is 0 Å². The highest BCUT2D eigenvalue weighted by Gasteiger charge is 2.38. The zero-order chi connectivity index (χ0) is 33.3. The summed E-state index contributed by atoms with van der Waals surface area (Å²) in [4.78, 5) is 42.2. The molecule has 244 valence electrons. The number of anilines is 1. The second-order valence-corrected chi connectivity index (χ2v) is 12.3. The number of carboxylic acid groups (broad SMARTS) is 2. The van der Waals surface area contributed by atoms with Crippen molar-refractivity contribution < 1.29 is 47.2 Å². The van der Waals surface area contributed by atoms with Gasteiger partial charge < -0.3 is 29.5 Å². The molecule has 45 heavy (non-hydrogen) atoms. The number of nitrogens with zero attached hydrogens (tertiary/aromatic N) is 3. The van der Waals surface area contributed by atoms with E-state index >= 15 is 0 Å². The molecule has 0 bridgehead atoms. The molecule has 1 aromatic heterocycles. The molecule has 11 nitrogen and oxygen atoms in total. The van der Waals surface area contributed by atoms with E-state index in [1.54, 1.807) is 12.0 Å². The minimum atomic E-state index is -5.08. The first kappa shape index (κ1) is 33.7. The molecule has 1 saturated carbocycles. The standard InChI is InChI=1S/C29H36N4O5.C2HF3O2/c1-29(2,3)21-11-19(12-23(27(21)37-4)32-10-9-20(14-32)38-16-25(35)36)24(34)15-33-13-18-7-8-22(17-5-6-17)31-26(18)28(33)30;3-2(4,5)1(6)7/h7-8,11-12,17,20,30H,5-6,9-10,13-16H2,1-4H3,(H,35,36);(H,6,7). The third-order valence-electron chi connectivity index (χ3n) is 7.81. The second kappa shape index (κ2) is 13.0. The number of Topliss-reactive ketones (excluding diaryl/α,β-unsaturated/α-hetero) is 1. The first-order valence-corrected chi connectivity index (χ1v) is 14.5.